The van der Waals surface area contributed by atoms with Gasteiger partial charge in [-0.15, -0.1) is 11.8 Å². The zero-order chi connectivity index (χ0) is 13.8. The van der Waals surface area contributed by atoms with E-state index in [0.29, 0.717) is 5.56 Å². The molecule has 5 nitrogen and oxygen atoms in total. The summed E-state index contributed by atoms with van der Waals surface area (Å²) in [6.45, 7) is 1.87. The molecule has 1 aliphatic heterocycles. The maximum absolute atomic E-state index is 12.0. The zero-order valence-electron chi connectivity index (χ0n) is 10.9. The lowest BCUT2D eigenvalue weighted by Crippen LogP contribution is -2.37. The van der Waals surface area contributed by atoms with Crippen LogP contribution in [0.3, 0.4) is 0 Å². The fraction of sp³-hybridized carbons (Fsp3) is 0.385. The zero-order valence-corrected chi connectivity index (χ0v) is 11.8. The van der Waals surface area contributed by atoms with E-state index in [9.17, 15) is 9.59 Å². The minimum Gasteiger partial charge on any atom is -0.355 e. The van der Waals surface area contributed by atoms with Gasteiger partial charge in [-0.2, -0.15) is 0 Å². The predicted molar refractivity (Wildman–Crippen MR) is 77.4 cm³/mol. The van der Waals surface area contributed by atoms with Crippen molar-refractivity contribution in [3.8, 4) is 0 Å². The van der Waals surface area contributed by atoms with Gasteiger partial charge < -0.3 is 10.6 Å². The monoisotopic (exact) mass is 279 g/mol. The van der Waals surface area contributed by atoms with Gasteiger partial charge in [0.05, 0.1) is 6.04 Å². The van der Waals surface area contributed by atoms with E-state index in [-0.39, 0.29) is 17.9 Å². The maximum Gasteiger partial charge on any atom is 0.251 e. The molecule has 2 amide bonds. The largest absolute Gasteiger partial charge is 0.355 e. The Morgan fingerprint density at radius 1 is 1.42 bits per heavy atom. The van der Waals surface area contributed by atoms with Crippen LogP contribution in [-0.4, -0.2) is 36.5 Å². The highest BCUT2D eigenvalue weighted by Gasteiger charge is 2.22. The van der Waals surface area contributed by atoms with E-state index in [4.69, 9.17) is 0 Å². The first-order chi connectivity index (χ1) is 9.11. The SMILES string of the molecule is CNC(=O)c1ccc(NC(=O)C2CSCN2)c(C)c1. The summed E-state index contributed by atoms with van der Waals surface area (Å²) in [6.07, 6.45) is 0. The third kappa shape index (κ3) is 3.27. The average Bonchev–Trinajstić information content (AvgIpc) is 2.94. The number of nitrogens with one attached hydrogen (secondary N) is 3. The predicted octanol–water partition coefficient (Wildman–Crippen LogP) is 0.956. The average molecular weight is 279 g/mol. The number of aryl methyl sites for hydroxylation is 1. The highest BCUT2D eigenvalue weighted by Crippen LogP contribution is 2.18. The van der Waals surface area contributed by atoms with Crippen LogP contribution in [0.2, 0.25) is 0 Å². The van der Waals surface area contributed by atoms with E-state index in [0.717, 1.165) is 22.9 Å². The second-order valence-electron chi connectivity index (χ2n) is 4.37. The van der Waals surface area contributed by atoms with E-state index in [1.165, 1.54) is 0 Å². The molecule has 1 heterocycles. The Bertz CT molecular complexity index is 499. The molecule has 0 spiro atoms. The van der Waals surface area contributed by atoms with Crippen LogP contribution in [0.5, 0.6) is 0 Å². The van der Waals surface area contributed by atoms with Crippen molar-refractivity contribution in [3.05, 3.63) is 29.3 Å². The van der Waals surface area contributed by atoms with E-state index < -0.39 is 0 Å². The number of hydrogen-bond donors (Lipinski definition) is 3. The highest BCUT2D eigenvalue weighted by atomic mass is 32.2. The third-order valence-electron chi connectivity index (χ3n) is 3.01. The summed E-state index contributed by atoms with van der Waals surface area (Å²) >= 11 is 1.71. The van der Waals surface area contributed by atoms with Crippen molar-refractivity contribution in [2.75, 3.05) is 24.0 Å². The summed E-state index contributed by atoms with van der Waals surface area (Å²) < 4.78 is 0. The first-order valence-electron chi connectivity index (χ1n) is 6.06. The van der Waals surface area contributed by atoms with Crippen LogP contribution in [0, 0.1) is 6.92 Å². The molecule has 1 saturated heterocycles. The number of amides is 2. The molecule has 0 aliphatic carbocycles. The quantitative estimate of drug-likeness (QED) is 0.770. The summed E-state index contributed by atoms with van der Waals surface area (Å²) in [5.41, 5.74) is 2.21. The molecule has 1 aromatic rings. The Morgan fingerprint density at radius 3 is 2.79 bits per heavy atom. The van der Waals surface area contributed by atoms with Crippen LogP contribution in [0.1, 0.15) is 15.9 Å². The van der Waals surface area contributed by atoms with Gasteiger partial charge in [-0.3, -0.25) is 14.9 Å². The normalized spacial score (nSPS) is 18.1. The molecule has 2 rings (SSSR count). The first kappa shape index (κ1) is 13.9. The second kappa shape index (κ2) is 6.08. The van der Waals surface area contributed by atoms with Gasteiger partial charge in [0, 0.05) is 29.9 Å². The van der Waals surface area contributed by atoms with Gasteiger partial charge in [0.15, 0.2) is 0 Å². The molecule has 3 N–H and O–H groups in total. The van der Waals surface area contributed by atoms with Gasteiger partial charge in [0.2, 0.25) is 5.91 Å². The number of anilines is 1. The molecule has 0 bridgehead atoms. The van der Waals surface area contributed by atoms with Crippen LogP contribution in [0.15, 0.2) is 18.2 Å². The van der Waals surface area contributed by atoms with Crippen molar-refractivity contribution in [1.29, 1.82) is 0 Å². The van der Waals surface area contributed by atoms with Gasteiger partial charge in [-0.1, -0.05) is 0 Å². The van der Waals surface area contributed by atoms with Crippen molar-refractivity contribution >= 4 is 29.3 Å². The summed E-state index contributed by atoms with van der Waals surface area (Å²) in [6, 6.07) is 5.10. The van der Waals surface area contributed by atoms with E-state index >= 15 is 0 Å². The fourth-order valence-electron chi connectivity index (χ4n) is 1.87. The lowest BCUT2D eigenvalue weighted by atomic mass is 10.1. The van der Waals surface area contributed by atoms with Gasteiger partial charge >= 0.3 is 0 Å². The number of thioether (sulfide) groups is 1. The second-order valence-corrected chi connectivity index (χ2v) is 5.40. The van der Waals surface area contributed by atoms with Gasteiger partial charge in [0.25, 0.3) is 5.91 Å². The molecule has 6 heteroatoms. The Hall–Kier alpha value is -1.53. The first-order valence-corrected chi connectivity index (χ1v) is 7.22. The van der Waals surface area contributed by atoms with Crippen molar-refractivity contribution in [2.24, 2.45) is 0 Å². The molecule has 1 unspecified atom stereocenters. The smallest absolute Gasteiger partial charge is 0.251 e. The molecule has 0 saturated carbocycles. The van der Waals surface area contributed by atoms with Crippen LogP contribution in [-0.2, 0) is 4.79 Å². The van der Waals surface area contributed by atoms with Gasteiger partial charge in [0.1, 0.15) is 0 Å². The maximum atomic E-state index is 12.0. The summed E-state index contributed by atoms with van der Waals surface area (Å²) in [5, 5.41) is 8.59. The molecule has 1 aromatic carbocycles. The minimum atomic E-state index is -0.136. The Labute approximate surface area is 116 Å². The van der Waals surface area contributed by atoms with Crippen molar-refractivity contribution in [1.82, 2.24) is 10.6 Å². The van der Waals surface area contributed by atoms with E-state index in [1.807, 2.05) is 6.92 Å². The third-order valence-corrected chi connectivity index (χ3v) is 3.95. The lowest BCUT2D eigenvalue weighted by Gasteiger charge is -2.13. The number of hydrogen-bond acceptors (Lipinski definition) is 4. The minimum absolute atomic E-state index is 0.0270. The van der Waals surface area contributed by atoms with Crippen molar-refractivity contribution in [3.63, 3.8) is 0 Å². The summed E-state index contributed by atoms with van der Waals surface area (Å²) in [7, 11) is 1.59. The summed E-state index contributed by atoms with van der Waals surface area (Å²) in [4.78, 5) is 23.5. The van der Waals surface area contributed by atoms with Crippen molar-refractivity contribution < 1.29 is 9.59 Å². The Kier molecular flexibility index (Phi) is 4.44. The van der Waals surface area contributed by atoms with Crippen LogP contribution >= 0.6 is 11.8 Å². The molecule has 0 aromatic heterocycles. The highest BCUT2D eigenvalue weighted by molar-refractivity contribution is 7.99. The molecule has 1 aliphatic rings. The molecule has 1 fully saturated rings. The molecular formula is C13H17N3O2S. The van der Waals surface area contributed by atoms with Gasteiger partial charge in [-0.05, 0) is 30.7 Å². The lowest BCUT2D eigenvalue weighted by molar-refractivity contribution is -0.117. The molecule has 1 atom stereocenters. The number of benzene rings is 1. The Morgan fingerprint density at radius 2 is 2.21 bits per heavy atom. The molecule has 102 valence electrons. The Balaban J connectivity index is 2.08. The molecule has 0 radical (unpaired) electrons. The molecular weight excluding hydrogens is 262 g/mol. The standard InChI is InChI=1S/C13H17N3O2S/c1-8-5-9(12(17)14-2)3-4-10(8)16-13(18)11-6-19-7-15-11/h3-5,11,15H,6-7H2,1-2H3,(H,14,17)(H,16,18). The summed E-state index contributed by atoms with van der Waals surface area (Å²) in [5.74, 6) is 1.45. The topological polar surface area (TPSA) is 70.2 Å². The number of carbonyl (C=O) groups excluding carboxylic acids is 2. The van der Waals surface area contributed by atoms with Gasteiger partial charge in [-0.25, -0.2) is 0 Å². The van der Waals surface area contributed by atoms with Crippen molar-refractivity contribution in [2.45, 2.75) is 13.0 Å². The van der Waals surface area contributed by atoms with Crippen LogP contribution in [0.4, 0.5) is 5.69 Å². The van der Waals surface area contributed by atoms with Crippen LogP contribution in [0.25, 0.3) is 0 Å². The molecule has 19 heavy (non-hydrogen) atoms. The van der Waals surface area contributed by atoms with Crippen LogP contribution < -0.4 is 16.0 Å². The number of rotatable bonds is 3. The van der Waals surface area contributed by atoms with E-state index in [1.54, 1.807) is 37.0 Å². The van der Waals surface area contributed by atoms with E-state index in [2.05, 4.69) is 16.0 Å². The number of carbonyl (C=O) groups is 2. The fourth-order valence-corrected chi connectivity index (χ4v) is 2.81.